The highest BCUT2D eigenvalue weighted by Gasteiger charge is 2.20. The second-order valence-corrected chi connectivity index (χ2v) is 4.35. The van der Waals surface area contributed by atoms with Gasteiger partial charge >= 0.3 is 0 Å². The van der Waals surface area contributed by atoms with Crippen LogP contribution in [0.15, 0.2) is 16.5 Å². The third kappa shape index (κ3) is 4.25. The van der Waals surface area contributed by atoms with E-state index in [2.05, 4.69) is 10.6 Å². The SMILES string of the molecule is Cl.NC(=O)c1ccc(CNC(=O)C2CCCCN2)o1. The summed E-state index contributed by atoms with van der Waals surface area (Å²) in [4.78, 5) is 22.6. The molecule has 0 aromatic carbocycles. The second-order valence-electron chi connectivity index (χ2n) is 4.35. The van der Waals surface area contributed by atoms with Crippen molar-refractivity contribution < 1.29 is 14.0 Å². The van der Waals surface area contributed by atoms with Crippen molar-refractivity contribution in [3.63, 3.8) is 0 Å². The molecule has 1 aromatic heterocycles. The van der Waals surface area contributed by atoms with Gasteiger partial charge in [-0.3, -0.25) is 9.59 Å². The minimum absolute atomic E-state index is 0. The molecule has 0 radical (unpaired) electrons. The fourth-order valence-electron chi connectivity index (χ4n) is 1.98. The van der Waals surface area contributed by atoms with Crippen LogP contribution < -0.4 is 16.4 Å². The third-order valence-electron chi connectivity index (χ3n) is 2.97. The fraction of sp³-hybridized carbons (Fsp3) is 0.500. The number of hydrogen-bond donors (Lipinski definition) is 3. The summed E-state index contributed by atoms with van der Waals surface area (Å²) in [6, 6.07) is 3.02. The maximum Gasteiger partial charge on any atom is 0.284 e. The van der Waals surface area contributed by atoms with Crippen molar-refractivity contribution in [3.8, 4) is 0 Å². The van der Waals surface area contributed by atoms with E-state index in [1.165, 1.54) is 6.07 Å². The Morgan fingerprint density at radius 1 is 1.42 bits per heavy atom. The lowest BCUT2D eigenvalue weighted by molar-refractivity contribution is -0.123. The average Bonchev–Trinajstić information content (AvgIpc) is 2.86. The van der Waals surface area contributed by atoms with Crippen molar-refractivity contribution >= 4 is 24.2 Å². The highest BCUT2D eigenvalue weighted by atomic mass is 35.5. The average molecular weight is 288 g/mol. The minimum Gasteiger partial charge on any atom is -0.454 e. The van der Waals surface area contributed by atoms with E-state index in [1.54, 1.807) is 6.07 Å². The van der Waals surface area contributed by atoms with Gasteiger partial charge in [-0.15, -0.1) is 12.4 Å². The van der Waals surface area contributed by atoms with Crippen LogP contribution >= 0.6 is 12.4 Å². The summed E-state index contributed by atoms with van der Waals surface area (Å²) in [5.41, 5.74) is 5.07. The largest absolute Gasteiger partial charge is 0.454 e. The molecule has 0 spiro atoms. The van der Waals surface area contributed by atoms with Gasteiger partial charge in [0.1, 0.15) is 5.76 Å². The van der Waals surface area contributed by atoms with Crippen LogP contribution in [0.4, 0.5) is 0 Å². The molecule has 1 unspecified atom stereocenters. The Bertz CT molecular complexity index is 441. The lowest BCUT2D eigenvalue weighted by Gasteiger charge is -2.22. The van der Waals surface area contributed by atoms with E-state index in [0.29, 0.717) is 5.76 Å². The monoisotopic (exact) mass is 287 g/mol. The molecule has 0 saturated carbocycles. The van der Waals surface area contributed by atoms with E-state index in [9.17, 15) is 9.59 Å². The number of amides is 2. The first-order valence-electron chi connectivity index (χ1n) is 6.06. The molecule has 1 saturated heterocycles. The molecule has 1 aromatic rings. The topological polar surface area (TPSA) is 97.4 Å². The van der Waals surface area contributed by atoms with Crippen LogP contribution in [0, 0.1) is 0 Å². The smallest absolute Gasteiger partial charge is 0.284 e. The first-order chi connectivity index (χ1) is 8.66. The number of piperidine rings is 1. The summed E-state index contributed by atoms with van der Waals surface area (Å²) in [6.07, 6.45) is 3.04. The van der Waals surface area contributed by atoms with Gasteiger partial charge in [0.25, 0.3) is 5.91 Å². The molecule has 0 aliphatic carbocycles. The summed E-state index contributed by atoms with van der Waals surface area (Å²) in [6.45, 7) is 1.15. The normalized spacial score (nSPS) is 18.4. The highest BCUT2D eigenvalue weighted by Crippen LogP contribution is 2.09. The van der Waals surface area contributed by atoms with Gasteiger partial charge in [0.2, 0.25) is 5.91 Å². The Morgan fingerprint density at radius 3 is 2.79 bits per heavy atom. The lowest BCUT2D eigenvalue weighted by Crippen LogP contribution is -2.46. The van der Waals surface area contributed by atoms with Gasteiger partial charge < -0.3 is 20.8 Å². The van der Waals surface area contributed by atoms with Crippen LogP contribution in [0.25, 0.3) is 0 Å². The summed E-state index contributed by atoms with van der Waals surface area (Å²) >= 11 is 0. The Hall–Kier alpha value is -1.53. The number of carbonyl (C=O) groups excluding carboxylic acids is 2. The predicted octanol–water partition coefficient (Wildman–Crippen LogP) is 0.559. The van der Waals surface area contributed by atoms with Gasteiger partial charge in [-0.05, 0) is 31.5 Å². The lowest BCUT2D eigenvalue weighted by atomic mass is 10.0. The second kappa shape index (κ2) is 7.16. The zero-order valence-corrected chi connectivity index (χ0v) is 11.3. The van der Waals surface area contributed by atoms with Crippen molar-refractivity contribution in [1.82, 2.24) is 10.6 Å². The number of carbonyl (C=O) groups is 2. The van der Waals surface area contributed by atoms with Crippen molar-refractivity contribution in [2.75, 3.05) is 6.54 Å². The molecule has 0 bridgehead atoms. The molecule has 2 heterocycles. The van der Waals surface area contributed by atoms with E-state index >= 15 is 0 Å². The Kier molecular flexibility index (Phi) is 5.85. The van der Waals surface area contributed by atoms with Crippen LogP contribution in [0.2, 0.25) is 0 Å². The molecule has 7 heteroatoms. The minimum atomic E-state index is -0.610. The standard InChI is InChI=1S/C12H17N3O3.ClH/c13-11(16)10-5-4-8(18-10)7-15-12(17)9-3-1-2-6-14-9;/h4-5,9,14H,1-3,6-7H2,(H2,13,16)(H,15,17);1H. The fourth-order valence-corrected chi connectivity index (χ4v) is 1.98. The van der Waals surface area contributed by atoms with E-state index in [4.69, 9.17) is 10.2 Å². The molecule has 1 atom stereocenters. The maximum atomic E-state index is 11.8. The van der Waals surface area contributed by atoms with Gasteiger partial charge in [0.15, 0.2) is 5.76 Å². The van der Waals surface area contributed by atoms with Crippen LogP contribution in [0.5, 0.6) is 0 Å². The van der Waals surface area contributed by atoms with Gasteiger partial charge in [-0.2, -0.15) is 0 Å². The molecule has 6 nitrogen and oxygen atoms in total. The molecular weight excluding hydrogens is 270 g/mol. The zero-order valence-electron chi connectivity index (χ0n) is 10.5. The van der Waals surface area contributed by atoms with Gasteiger partial charge in [0, 0.05) is 0 Å². The highest BCUT2D eigenvalue weighted by molar-refractivity contribution is 5.89. The number of rotatable bonds is 4. The van der Waals surface area contributed by atoms with E-state index in [-0.39, 0.29) is 36.7 Å². The van der Waals surface area contributed by atoms with E-state index < -0.39 is 5.91 Å². The number of hydrogen-bond acceptors (Lipinski definition) is 4. The molecule has 19 heavy (non-hydrogen) atoms. The summed E-state index contributed by atoms with van der Waals surface area (Å²) < 4.78 is 5.17. The number of halogens is 1. The summed E-state index contributed by atoms with van der Waals surface area (Å²) in [7, 11) is 0. The predicted molar refractivity (Wildman–Crippen MR) is 72.0 cm³/mol. The van der Waals surface area contributed by atoms with Crippen molar-refractivity contribution in [2.45, 2.75) is 31.8 Å². The Morgan fingerprint density at radius 2 is 2.21 bits per heavy atom. The third-order valence-corrected chi connectivity index (χ3v) is 2.97. The molecule has 106 valence electrons. The molecule has 4 N–H and O–H groups in total. The summed E-state index contributed by atoms with van der Waals surface area (Å²) in [5.74, 6) is -0.0174. The van der Waals surface area contributed by atoms with Crippen molar-refractivity contribution in [1.29, 1.82) is 0 Å². The van der Waals surface area contributed by atoms with E-state index in [1.807, 2.05) is 0 Å². The van der Waals surface area contributed by atoms with Crippen LogP contribution in [-0.4, -0.2) is 24.4 Å². The molecule has 2 amide bonds. The molecule has 1 fully saturated rings. The van der Waals surface area contributed by atoms with Crippen LogP contribution in [-0.2, 0) is 11.3 Å². The Balaban J connectivity index is 0.00000180. The first kappa shape index (κ1) is 15.5. The maximum absolute atomic E-state index is 11.8. The van der Waals surface area contributed by atoms with Gasteiger partial charge in [-0.1, -0.05) is 6.42 Å². The molecule has 1 aliphatic heterocycles. The molecule has 1 aliphatic rings. The van der Waals surface area contributed by atoms with E-state index in [0.717, 1.165) is 25.8 Å². The quantitative estimate of drug-likeness (QED) is 0.754. The van der Waals surface area contributed by atoms with Crippen LogP contribution in [0.3, 0.4) is 0 Å². The van der Waals surface area contributed by atoms with Crippen molar-refractivity contribution in [3.05, 3.63) is 23.7 Å². The first-order valence-corrected chi connectivity index (χ1v) is 6.06. The number of nitrogens with one attached hydrogen (secondary N) is 2. The number of primary amides is 1. The van der Waals surface area contributed by atoms with Gasteiger partial charge in [0.05, 0.1) is 12.6 Å². The Labute approximate surface area is 117 Å². The van der Waals surface area contributed by atoms with Gasteiger partial charge in [-0.25, -0.2) is 0 Å². The zero-order chi connectivity index (χ0) is 13.0. The number of furan rings is 1. The summed E-state index contributed by atoms with van der Waals surface area (Å²) in [5, 5.41) is 5.94. The molecular formula is C12H18ClN3O3. The van der Waals surface area contributed by atoms with Crippen molar-refractivity contribution in [2.24, 2.45) is 5.73 Å². The molecule has 2 rings (SSSR count). The number of nitrogens with two attached hydrogens (primary N) is 1. The van der Waals surface area contributed by atoms with Crippen LogP contribution in [0.1, 0.15) is 35.6 Å².